The Morgan fingerprint density at radius 1 is 1.28 bits per heavy atom. The van der Waals surface area contributed by atoms with Crippen LogP contribution in [0.1, 0.15) is 65.2 Å². The normalized spacial score (nSPS) is 28.6. The molecule has 3 heteroatoms. The summed E-state index contributed by atoms with van der Waals surface area (Å²) in [7, 11) is 0. The Labute approximate surface area is 111 Å². The molecule has 2 rings (SSSR count). The Morgan fingerprint density at radius 2 is 1.94 bits per heavy atom. The molecule has 1 aliphatic carbocycles. The molecule has 0 aromatic carbocycles. The van der Waals surface area contributed by atoms with E-state index in [1.807, 2.05) is 4.90 Å². The van der Waals surface area contributed by atoms with Crippen molar-refractivity contribution in [1.29, 1.82) is 0 Å². The zero-order valence-corrected chi connectivity index (χ0v) is 12.0. The number of hydrogen-bond acceptors (Lipinski definition) is 2. The summed E-state index contributed by atoms with van der Waals surface area (Å²) < 4.78 is 0. The fourth-order valence-electron chi connectivity index (χ4n) is 3.45. The van der Waals surface area contributed by atoms with Gasteiger partial charge >= 0.3 is 0 Å². The summed E-state index contributed by atoms with van der Waals surface area (Å²) in [4.78, 5) is 14.4. The van der Waals surface area contributed by atoms with Crippen molar-refractivity contribution < 1.29 is 4.79 Å². The van der Waals surface area contributed by atoms with Gasteiger partial charge in [0.2, 0.25) is 5.91 Å². The first-order valence-corrected chi connectivity index (χ1v) is 7.55. The molecule has 104 valence electrons. The highest BCUT2D eigenvalue weighted by Crippen LogP contribution is 2.31. The van der Waals surface area contributed by atoms with Gasteiger partial charge in [-0.05, 0) is 39.0 Å². The van der Waals surface area contributed by atoms with E-state index in [1.54, 1.807) is 0 Å². The minimum absolute atomic E-state index is 0.00261. The topological polar surface area (TPSA) is 46.3 Å². The first-order chi connectivity index (χ1) is 8.49. The molecule has 0 aromatic heterocycles. The average molecular weight is 252 g/mol. The second kappa shape index (κ2) is 5.60. The van der Waals surface area contributed by atoms with Crippen molar-refractivity contribution in [1.82, 2.24) is 4.90 Å². The summed E-state index contributed by atoms with van der Waals surface area (Å²) in [5.74, 6) is 1.12. The molecule has 2 aliphatic rings. The van der Waals surface area contributed by atoms with Gasteiger partial charge in [-0.1, -0.05) is 25.7 Å². The summed E-state index contributed by atoms with van der Waals surface area (Å²) in [6.45, 7) is 5.09. The summed E-state index contributed by atoms with van der Waals surface area (Å²) in [5.41, 5.74) is 6.01. The number of nitrogens with two attached hydrogens (primary N) is 1. The average Bonchev–Trinajstić information content (AvgIpc) is 2.82. The molecular formula is C15H28N2O. The first-order valence-electron chi connectivity index (χ1n) is 7.55. The van der Waals surface area contributed by atoms with Gasteiger partial charge in [0.1, 0.15) is 0 Å². The molecule has 18 heavy (non-hydrogen) atoms. The number of hydrogen-bond donors (Lipinski definition) is 1. The maximum absolute atomic E-state index is 12.4. The Hall–Kier alpha value is -0.570. The number of carbonyl (C=O) groups excluding carboxylic acids is 1. The van der Waals surface area contributed by atoms with Crippen LogP contribution < -0.4 is 5.73 Å². The zero-order chi connectivity index (χ0) is 13.2. The van der Waals surface area contributed by atoms with Crippen LogP contribution in [0.25, 0.3) is 0 Å². The van der Waals surface area contributed by atoms with Crippen molar-refractivity contribution in [3.05, 3.63) is 0 Å². The number of rotatable bonds is 3. The van der Waals surface area contributed by atoms with Crippen LogP contribution >= 0.6 is 0 Å². The monoisotopic (exact) mass is 252 g/mol. The van der Waals surface area contributed by atoms with Gasteiger partial charge in [0.15, 0.2) is 0 Å². The molecule has 0 bridgehead atoms. The predicted molar refractivity (Wildman–Crippen MR) is 74.2 cm³/mol. The molecule has 1 saturated carbocycles. The molecule has 2 fully saturated rings. The number of likely N-dealkylation sites (tertiary alicyclic amines) is 1. The van der Waals surface area contributed by atoms with Gasteiger partial charge in [0.05, 0.1) is 0 Å². The van der Waals surface area contributed by atoms with Crippen molar-refractivity contribution >= 4 is 5.91 Å². The first kappa shape index (κ1) is 13.9. The minimum atomic E-state index is 0.00261. The summed E-state index contributed by atoms with van der Waals surface area (Å²) in [5, 5.41) is 0. The third-order valence-electron chi connectivity index (χ3n) is 4.82. The van der Waals surface area contributed by atoms with E-state index in [0.29, 0.717) is 5.91 Å². The Morgan fingerprint density at radius 3 is 2.61 bits per heavy atom. The van der Waals surface area contributed by atoms with Gasteiger partial charge < -0.3 is 10.6 Å². The third kappa shape index (κ3) is 3.25. The largest absolute Gasteiger partial charge is 0.336 e. The van der Waals surface area contributed by atoms with Crippen LogP contribution in [0.3, 0.4) is 0 Å². The van der Waals surface area contributed by atoms with E-state index >= 15 is 0 Å². The van der Waals surface area contributed by atoms with Gasteiger partial charge in [-0.15, -0.1) is 0 Å². The number of amides is 1. The molecule has 1 heterocycles. The molecule has 1 saturated heterocycles. The lowest BCUT2D eigenvalue weighted by molar-refractivity contribution is -0.139. The molecule has 0 spiro atoms. The van der Waals surface area contributed by atoms with Crippen LogP contribution in [0.15, 0.2) is 0 Å². The zero-order valence-electron chi connectivity index (χ0n) is 12.0. The van der Waals surface area contributed by atoms with Gasteiger partial charge in [0.25, 0.3) is 0 Å². The van der Waals surface area contributed by atoms with Gasteiger partial charge in [-0.3, -0.25) is 4.79 Å². The number of carbonyl (C=O) groups is 1. The molecule has 1 atom stereocenters. The van der Waals surface area contributed by atoms with E-state index in [0.717, 1.165) is 38.1 Å². The van der Waals surface area contributed by atoms with Gasteiger partial charge in [-0.2, -0.15) is 0 Å². The van der Waals surface area contributed by atoms with E-state index < -0.39 is 0 Å². The molecule has 0 radical (unpaired) electrons. The van der Waals surface area contributed by atoms with E-state index in [4.69, 9.17) is 5.73 Å². The minimum Gasteiger partial charge on any atom is -0.336 e. The Kier molecular flexibility index (Phi) is 4.31. The molecule has 2 N–H and O–H groups in total. The smallest absolute Gasteiger partial charge is 0.223 e. The quantitative estimate of drug-likeness (QED) is 0.839. The Balaban J connectivity index is 1.85. The summed E-state index contributed by atoms with van der Waals surface area (Å²) >= 11 is 0. The SMILES string of the molecule is CC1(C)CCC(N)CN1C(=O)CCC1CCCC1. The van der Waals surface area contributed by atoms with Crippen LogP contribution in [0.4, 0.5) is 0 Å². The second-order valence-corrected chi connectivity index (χ2v) is 6.80. The maximum atomic E-state index is 12.4. The molecule has 1 amide bonds. The standard InChI is InChI=1S/C15H28N2O/c1-15(2)10-9-13(16)11-17(15)14(18)8-7-12-5-3-4-6-12/h12-13H,3-11,16H2,1-2H3. The highest BCUT2D eigenvalue weighted by Gasteiger charge is 2.35. The van der Waals surface area contributed by atoms with Gasteiger partial charge in [-0.25, -0.2) is 0 Å². The second-order valence-electron chi connectivity index (χ2n) is 6.80. The van der Waals surface area contributed by atoms with Crippen molar-refractivity contribution in [2.24, 2.45) is 11.7 Å². The molecule has 1 aliphatic heterocycles. The number of piperidine rings is 1. The van der Waals surface area contributed by atoms with Crippen LogP contribution in [-0.2, 0) is 4.79 Å². The summed E-state index contributed by atoms with van der Waals surface area (Å²) in [6.07, 6.45) is 9.26. The van der Waals surface area contributed by atoms with Crippen LogP contribution in [-0.4, -0.2) is 28.9 Å². The third-order valence-corrected chi connectivity index (χ3v) is 4.82. The van der Waals surface area contributed by atoms with Crippen LogP contribution in [0, 0.1) is 5.92 Å². The van der Waals surface area contributed by atoms with E-state index in [1.165, 1.54) is 25.7 Å². The van der Waals surface area contributed by atoms with Crippen molar-refractivity contribution in [2.45, 2.75) is 76.8 Å². The van der Waals surface area contributed by atoms with Crippen LogP contribution in [0.5, 0.6) is 0 Å². The van der Waals surface area contributed by atoms with E-state index in [9.17, 15) is 4.79 Å². The molecule has 1 unspecified atom stereocenters. The van der Waals surface area contributed by atoms with E-state index in [-0.39, 0.29) is 11.6 Å². The maximum Gasteiger partial charge on any atom is 0.223 e. The lowest BCUT2D eigenvalue weighted by atomic mass is 9.87. The van der Waals surface area contributed by atoms with Crippen molar-refractivity contribution in [3.63, 3.8) is 0 Å². The fourth-order valence-corrected chi connectivity index (χ4v) is 3.45. The molecular weight excluding hydrogens is 224 g/mol. The fraction of sp³-hybridized carbons (Fsp3) is 0.933. The highest BCUT2D eigenvalue weighted by molar-refractivity contribution is 5.77. The van der Waals surface area contributed by atoms with Gasteiger partial charge in [0, 0.05) is 24.5 Å². The lowest BCUT2D eigenvalue weighted by Crippen LogP contribution is -2.56. The predicted octanol–water partition coefficient (Wildman–Crippen LogP) is 2.69. The van der Waals surface area contributed by atoms with Crippen molar-refractivity contribution in [2.75, 3.05) is 6.54 Å². The molecule has 0 aromatic rings. The lowest BCUT2D eigenvalue weighted by Gasteiger charge is -2.45. The van der Waals surface area contributed by atoms with Crippen LogP contribution in [0.2, 0.25) is 0 Å². The highest BCUT2D eigenvalue weighted by atomic mass is 16.2. The number of nitrogens with zero attached hydrogens (tertiary/aromatic N) is 1. The summed E-state index contributed by atoms with van der Waals surface area (Å²) in [6, 6.07) is 0.174. The molecule has 3 nitrogen and oxygen atoms in total. The van der Waals surface area contributed by atoms with E-state index in [2.05, 4.69) is 13.8 Å². The van der Waals surface area contributed by atoms with Crippen molar-refractivity contribution in [3.8, 4) is 0 Å². The Bertz CT molecular complexity index is 295.